The van der Waals surface area contributed by atoms with Crippen LogP contribution in [0, 0.1) is 20.8 Å². The van der Waals surface area contributed by atoms with E-state index in [0.29, 0.717) is 11.5 Å². The van der Waals surface area contributed by atoms with Crippen LogP contribution in [0.4, 0.5) is 0 Å². The molecule has 2 aromatic carbocycles. The Morgan fingerprint density at radius 1 is 1.04 bits per heavy atom. The fraction of sp³-hybridized carbons (Fsp3) is 0.316. The van der Waals surface area contributed by atoms with Crippen LogP contribution in [0.15, 0.2) is 36.4 Å². The van der Waals surface area contributed by atoms with Gasteiger partial charge in [-0.1, -0.05) is 23.8 Å². The Kier molecular flexibility index (Phi) is 5.27. The van der Waals surface area contributed by atoms with E-state index in [4.69, 9.17) is 9.47 Å². The number of rotatable bonds is 6. The van der Waals surface area contributed by atoms with Crippen molar-refractivity contribution in [1.82, 2.24) is 0 Å². The summed E-state index contributed by atoms with van der Waals surface area (Å²) in [5, 5.41) is 9.50. The van der Waals surface area contributed by atoms with Gasteiger partial charge in [0.05, 0.1) is 7.11 Å². The lowest BCUT2D eigenvalue weighted by atomic mass is 10.0. The zero-order valence-corrected chi connectivity index (χ0v) is 13.9. The summed E-state index contributed by atoms with van der Waals surface area (Å²) in [6.07, 6.45) is -0.723. The first-order valence-electron chi connectivity index (χ1n) is 7.50. The molecule has 0 aliphatic heterocycles. The van der Waals surface area contributed by atoms with Crippen molar-refractivity contribution in [3.05, 3.63) is 58.7 Å². The quantitative estimate of drug-likeness (QED) is 0.883. The van der Waals surface area contributed by atoms with Crippen molar-refractivity contribution in [2.75, 3.05) is 7.11 Å². The maximum absolute atomic E-state index is 11.6. The van der Waals surface area contributed by atoms with Crippen molar-refractivity contribution in [1.29, 1.82) is 0 Å². The first-order chi connectivity index (χ1) is 10.9. The second-order valence-corrected chi connectivity index (χ2v) is 5.79. The first-order valence-corrected chi connectivity index (χ1v) is 7.50. The van der Waals surface area contributed by atoms with E-state index in [1.807, 2.05) is 57.2 Å². The summed E-state index contributed by atoms with van der Waals surface area (Å²) in [6.45, 7) is 5.88. The summed E-state index contributed by atoms with van der Waals surface area (Å²) in [5.41, 5.74) is 3.95. The van der Waals surface area contributed by atoms with Gasteiger partial charge in [-0.2, -0.15) is 0 Å². The molecular formula is C19H22O4. The number of hydrogen-bond donors (Lipinski definition) is 1. The van der Waals surface area contributed by atoms with E-state index in [2.05, 4.69) is 0 Å². The zero-order chi connectivity index (χ0) is 17.0. The number of carbonyl (C=O) groups is 1. The van der Waals surface area contributed by atoms with Gasteiger partial charge in [0.2, 0.25) is 0 Å². The van der Waals surface area contributed by atoms with E-state index in [0.717, 1.165) is 22.3 Å². The molecule has 0 saturated heterocycles. The smallest absolute Gasteiger partial charge is 0.345 e. The molecule has 122 valence electrons. The molecule has 4 nitrogen and oxygen atoms in total. The highest BCUT2D eigenvalue weighted by Gasteiger charge is 2.22. The van der Waals surface area contributed by atoms with Gasteiger partial charge >= 0.3 is 5.97 Å². The number of hydrogen-bond acceptors (Lipinski definition) is 3. The third-order valence-corrected chi connectivity index (χ3v) is 3.59. The highest BCUT2D eigenvalue weighted by molar-refractivity contribution is 5.73. The number of carboxylic acid groups (broad SMARTS) is 1. The Morgan fingerprint density at radius 2 is 1.70 bits per heavy atom. The third kappa shape index (κ3) is 4.49. The molecule has 23 heavy (non-hydrogen) atoms. The van der Waals surface area contributed by atoms with E-state index in [-0.39, 0.29) is 6.42 Å². The summed E-state index contributed by atoms with van der Waals surface area (Å²) in [6, 6.07) is 11.4. The SMILES string of the molecule is COc1ccc(C)cc1C[C@H](Oc1cc(C)cc(C)c1)C(=O)O. The van der Waals surface area contributed by atoms with Crippen LogP contribution in [0.1, 0.15) is 22.3 Å². The average Bonchev–Trinajstić information content (AvgIpc) is 2.45. The van der Waals surface area contributed by atoms with Crippen molar-refractivity contribution < 1.29 is 19.4 Å². The summed E-state index contributed by atoms with van der Waals surface area (Å²) in [5.74, 6) is 0.250. The van der Waals surface area contributed by atoms with E-state index in [1.165, 1.54) is 0 Å². The van der Waals surface area contributed by atoms with Crippen LogP contribution in [-0.4, -0.2) is 24.3 Å². The first kappa shape index (κ1) is 16.9. The minimum Gasteiger partial charge on any atom is -0.496 e. The summed E-state index contributed by atoms with van der Waals surface area (Å²) in [7, 11) is 1.58. The molecule has 0 heterocycles. The van der Waals surface area contributed by atoms with Crippen LogP contribution >= 0.6 is 0 Å². The molecule has 0 radical (unpaired) electrons. The Labute approximate surface area is 136 Å². The molecule has 1 N–H and O–H groups in total. The Morgan fingerprint density at radius 3 is 2.26 bits per heavy atom. The largest absolute Gasteiger partial charge is 0.496 e. The van der Waals surface area contributed by atoms with Crippen LogP contribution in [0.5, 0.6) is 11.5 Å². The molecule has 2 rings (SSSR count). The number of methoxy groups -OCH3 is 1. The van der Waals surface area contributed by atoms with Crippen molar-refractivity contribution in [2.24, 2.45) is 0 Å². The number of benzene rings is 2. The van der Waals surface area contributed by atoms with Gasteiger partial charge in [-0.15, -0.1) is 0 Å². The standard InChI is InChI=1S/C19H22O4/c1-12-5-6-17(22-4)15(8-12)11-18(19(20)21)23-16-9-13(2)7-14(3)10-16/h5-10,18H,11H2,1-4H3,(H,20,21)/t18-/m0/s1. The molecule has 0 aromatic heterocycles. The van der Waals surface area contributed by atoms with Crippen LogP contribution < -0.4 is 9.47 Å². The monoisotopic (exact) mass is 314 g/mol. The van der Waals surface area contributed by atoms with Gasteiger partial charge in [-0.25, -0.2) is 4.79 Å². The number of ether oxygens (including phenoxy) is 2. The van der Waals surface area contributed by atoms with Crippen molar-refractivity contribution >= 4 is 5.97 Å². The van der Waals surface area contributed by atoms with Gasteiger partial charge in [-0.3, -0.25) is 0 Å². The number of aliphatic carboxylic acids is 1. The second kappa shape index (κ2) is 7.18. The molecule has 0 fully saturated rings. The normalized spacial score (nSPS) is 11.8. The fourth-order valence-electron chi connectivity index (χ4n) is 2.61. The average molecular weight is 314 g/mol. The van der Waals surface area contributed by atoms with Crippen molar-refractivity contribution in [3.8, 4) is 11.5 Å². The minimum absolute atomic E-state index is 0.243. The van der Waals surface area contributed by atoms with Crippen molar-refractivity contribution in [3.63, 3.8) is 0 Å². The lowest BCUT2D eigenvalue weighted by molar-refractivity contribution is -0.145. The van der Waals surface area contributed by atoms with Gasteiger partial charge in [-0.05, 0) is 55.7 Å². The lowest BCUT2D eigenvalue weighted by Crippen LogP contribution is -2.29. The van der Waals surface area contributed by atoms with Gasteiger partial charge in [0.25, 0.3) is 0 Å². The van der Waals surface area contributed by atoms with E-state index in [9.17, 15) is 9.90 Å². The summed E-state index contributed by atoms with van der Waals surface area (Å²) >= 11 is 0. The maximum atomic E-state index is 11.6. The molecule has 0 unspecified atom stereocenters. The minimum atomic E-state index is -0.993. The van der Waals surface area contributed by atoms with Gasteiger partial charge in [0.1, 0.15) is 11.5 Å². The molecule has 0 saturated carbocycles. The Balaban J connectivity index is 2.26. The molecule has 0 bridgehead atoms. The molecule has 2 aromatic rings. The predicted molar refractivity (Wildman–Crippen MR) is 89.4 cm³/mol. The van der Waals surface area contributed by atoms with E-state index >= 15 is 0 Å². The Hall–Kier alpha value is -2.49. The van der Waals surface area contributed by atoms with E-state index < -0.39 is 12.1 Å². The molecular weight excluding hydrogens is 292 g/mol. The summed E-state index contributed by atoms with van der Waals surface area (Å²) < 4.78 is 11.0. The molecule has 0 aliphatic rings. The molecule has 4 heteroatoms. The molecule has 0 amide bonds. The highest BCUT2D eigenvalue weighted by Crippen LogP contribution is 2.24. The summed E-state index contributed by atoms with van der Waals surface area (Å²) in [4.78, 5) is 11.6. The number of carboxylic acids is 1. The molecule has 0 aliphatic carbocycles. The molecule has 1 atom stereocenters. The fourth-order valence-corrected chi connectivity index (χ4v) is 2.61. The predicted octanol–water partition coefficient (Wildman–Crippen LogP) is 3.70. The van der Waals surface area contributed by atoms with Gasteiger partial charge in [0, 0.05) is 6.42 Å². The van der Waals surface area contributed by atoms with Crippen LogP contribution in [-0.2, 0) is 11.2 Å². The van der Waals surface area contributed by atoms with Gasteiger partial charge in [0.15, 0.2) is 6.10 Å². The zero-order valence-electron chi connectivity index (χ0n) is 13.9. The van der Waals surface area contributed by atoms with Crippen LogP contribution in [0.25, 0.3) is 0 Å². The highest BCUT2D eigenvalue weighted by atomic mass is 16.5. The molecule has 0 spiro atoms. The van der Waals surface area contributed by atoms with Gasteiger partial charge < -0.3 is 14.6 Å². The second-order valence-electron chi connectivity index (χ2n) is 5.79. The third-order valence-electron chi connectivity index (χ3n) is 3.59. The van der Waals surface area contributed by atoms with Crippen molar-refractivity contribution in [2.45, 2.75) is 33.3 Å². The van der Waals surface area contributed by atoms with Crippen LogP contribution in [0.2, 0.25) is 0 Å². The maximum Gasteiger partial charge on any atom is 0.345 e. The number of aryl methyl sites for hydroxylation is 3. The van der Waals surface area contributed by atoms with E-state index in [1.54, 1.807) is 7.11 Å². The lowest BCUT2D eigenvalue weighted by Gasteiger charge is -2.18. The van der Waals surface area contributed by atoms with Crippen LogP contribution in [0.3, 0.4) is 0 Å². The topological polar surface area (TPSA) is 55.8 Å². The Bertz CT molecular complexity index is 686.